The molecule has 0 spiro atoms. The highest BCUT2D eigenvalue weighted by atomic mass is 16.4. The third-order valence-corrected chi connectivity index (χ3v) is 16.9. The number of guanidine groups is 1. The molecule has 0 fully saturated rings. The number of nitrogens with two attached hydrogens (primary N) is 7. The molecule has 0 unspecified atom stereocenters. The molecule has 0 heterocycles. The van der Waals surface area contributed by atoms with E-state index in [0.29, 0.717) is 12.0 Å². The number of aliphatic hydroxyl groups is 3. The van der Waals surface area contributed by atoms with Crippen molar-refractivity contribution in [3.8, 4) is 5.75 Å². The van der Waals surface area contributed by atoms with Crippen molar-refractivity contribution >= 4 is 107 Å². The minimum atomic E-state index is -2.13. The summed E-state index contributed by atoms with van der Waals surface area (Å²) < 4.78 is 0. The van der Waals surface area contributed by atoms with Crippen LogP contribution >= 0.6 is 0 Å². The number of carbonyl (C=O) groups excluding carboxylic acids is 15. The second kappa shape index (κ2) is 50.1. The summed E-state index contributed by atoms with van der Waals surface area (Å²) in [6.45, 7) is 12.8. The molecule has 630 valence electrons. The second-order valence-electron chi connectivity index (χ2n) is 28.3. The van der Waals surface area contributed by atoms with Crippen LogP contribution in [0.15, 0.2) is 29.3 Å². The van der Waals surface area contributed by atoms with Crippen molar-refractivity contribution in [2.75, 3.05) is 13.1 Å². The molecule has 0 saturated carbocycles. The summed E-state index contributed by atoms with van der Waals surface area (Å²) >= 11 is 0. The average Bonchev–Trinajstić information content (AvgIpc) is 0.850. The van der Waals surface area contributed by atoms with Crippen molar-refractivity contribution in [3.05, 3.63) is 29.8 Å². The van der Waals surface area contributed by atoms with Crippen LogP contribution in [-0.2, 0) is 87.9 Å². The van der Waals surface area contributed by atoms with Crippen LogP contribution in [0.5, 0.6) is 5.75 Å². The molecule has 1 aromatic rings. The standard InChI is InChI=1S/C69H116N20O23/c1-31(2)27-45(83-56(99)39(71)29-37-15-17-38(93)18-16-37)62(105)78-40(13-10-11-25-70)57(100)84-46(30-50(74)96)63(106)86-52(33(5)6)64(107)81-43(20-23-49(73)95)60(103)88-54(35(8)91)66(109)82-42(19-22-48(72)94)58(101)79-44(21-24-51(97)98)61(104)89-53(34(7)90)65(108)80-41(14-12-26-77-69(75)76)59(102)87-55(36(9)92)67(110)85-47(68(111)112)28-32(3)4/h15-18,31-36,39-47,52-55,90-93H,10-14,19-30,70-71H2,1-9H3,(H2,72,94)(H2,73,95)(H2,74,96)(H,78,105)(H,79,101)(H,80,108)(H,81,107)(H,82,109)(H,83,99)(H,84,100)(H,85,110)(H,86,106)(H,87,102)(H,88,103)(H,89,104)(H,97,98)(H,111,112)(H4,75,76,77)/t34-,35-,36-,39+,40+,41+,42+,43+,44+,45+,46+,47+,52+,53+,54+,55+/m1/s1. The summed E-state index contributed by atoms with van der Waals surface area (Å²) in [6, 6.07) is -16.5. The normalized spacial score (nSPS) is 15.5. The number of aliphatic carboxylic acids is 2. The summed E-state index contributed by atoms with van der Waals surface area (Å²) in [6.07, 6.45) is -10.6. The summed E-state index contributed by atoms with van der Waals surface area (Å²) in [5.74, 6) is -22.0. The van der Waals surface area contributed by atoms with E-state index in [2.05, 4.69) is 68.8 Å². The number of unbranched alkanes of at least 4 members (excludes halogenated alkanes) is 1. The van der Waals surface area contributed by atoms with E-state index in [-0.39, 0.29) is 81.6 Å². The number of phenolic OH excluding ortho intramolecular Hbond substituents is 1. The molecule has 15 amide bonds. The van der Waals surface area contributed by atoms with Crippen LogP contribution in [0.25, 0.3) is 0 Å². The van der Waals surface area contributed by atoms with Crippen molar-refractivity contribution in [1.82, 2.24) is 63.8 Å². The third-order valence-electron chi connectivity index (χ3n) is 16.9. The number of benzene rings is 1. The molecule has 43 nitrogen and oxygen atoms in total. The number of aliphatic hydroxyl groups excluding tert-OH is 3. The number of aliphatic imine (C=N–C) groups is 1. The Morgan fingerprint density at radius 1 is 0.384 bits per heavy atom. The Labute approximate surface area is 647 Å². The molecule has 0 bridgehead atoms. The van der Waals surface area contributed by atoms with Gasteiger partial charge in [0.2, 0.25) is 88.6 Å². The first-order valence-corrected chi connectivity index (χ1v) is 36.5. The fourth-order valence-corrected chi connectivity index (χ4v) is 10.9. The van der Waals surface area contributed by atoms with Gasteiger partial charge < -0.3 is 135 Å². The molecule has 112 heavy (non-hydrogen) atoms. The van der Waals surface area contributed by atoms with Crippen LogP contribution in [0, 0.1) is 17.8 Å². The molecule has 0 aliphatic heterocycles. The van der Waals surface area contributed by atoms with Gasteiger partial charge in [0.15, 0.2) is 5.96 Å². The number of nitrogens with one attached hydrogen (secondary N) is 12. The van der Waals surface area contributed by atoms with Gasteiger partial charge in [0, 0.05) is 25.8 Å². The zero-order valence-electron chi connectivity index (χ0n) is 64.4. The molecular formula is C69H116N20O23. The van der Waals surface area contributed by atoms with Gasteiger partial charge in [0.1, 0.15) is 78.3 Å². The number of hydrogen-bond acceptors (Lipinski definition) is 24. The number of nitrogens with zero attached hydrogens (tertiary/aromatic N) is 1. The highest BCUT2D eigenvalue weighted by Gasteiger charge is 2.40. The Morgan fingerprint density at radius 2 is 0.714 bits per heavy atom. The Morgan fingerprint density at radius 3 is 1.08 bits per heavy atom. The summed E-state index contributed by atoms with van der Waals surface area (Å²) in [4.78, 5) is 233. The molecule has 0 radical (unpaired) electrons. The van der Waals surface area contributed by atoms with Gasteiger partial charge in [-0.15, -0.1) is 0 Å². The first-order valence-electron chi connectivity index (χ1n) is 36.5. The number of carboxylic acids is 2. The summed E-state index contributed by atoms with van der Waals surface area (Å²) in [5, 5.41) is 89.5. The fraction of sp³-hybridized carbons (Fsp3) is 0.652. The molecule has 0 saturated heterocycles. The van der Waals surface area contributed by atoms with Gasteiger partial charge in [0.05, 0.1) is 30.8 Å². The molecule has 0 aliphatic rings. The molecule has 1 aromatic carbocycles. The van der Waals surface area contributed by atoms with Gasteiger partial charge in [-0.3, -0.25) is 81.7 Å². The van der Waals surface area contributed by atoms with Gasteiger partial charge in [0.25, 0.3) is 0 Å². The largest absolute Gasteiger partial charge is 0.508 e. The average molecular weight is 1590 g/mol. The Kier molecular flexibility index (Phi) is 44.3. The van der Waals surface area contributed by atoms with Crippen molar-refractivity contribution in [2.45, 2.75) is 255 Å². The van der Waals surface area contributed by atoms with E-state index < -0.39 is 248 Å². The van der Waals surface area contributed by atoms with Gasteiger partial charge in [-0.25, -0.2) is 4.79 Å². The number of aromatic hydroxyl groups is 1. The predicted octanol–water partition coefficient (Wildman–Crippen LogP) is -8.49. The maximum atomic E-state index is 14.3. The number of amides is 15. The number of hydrogen-bond donors (Lipinski definition) is 25. The topological polar surface area (TPSA) is 750 Å². The van der Waals surface area contributed by atoms with Gasteiger partial charge in [-0.1, -0.05) is 53.7 Å². The van der Waals surface area contributed by atoms with Crippen molar-refractivity contribution in [2.24, 2.45) is 62.9 Å². The first-order chi connectivity index (χ1) is 52.2. The number of rotatable bonds is 54. The second-order valence-corrected chi connectivity index (χ2v) is 28.3. The molecular weight excluding hydrogens is 1480 g/mol. The predicted molar refractivity (Wildman–Crippen MR) is 400 cm³/mol. The SMILES string of the molecule is CC(C)C[C@H](NC(=O)[C@@H](NC(=O)[C@H](CCCN=C(N)N)NC(=O)[C@@H](NC(=O)[C@H](CCC(=O)O)NC(=O)[C@H](CCC(N)=O)NC(=O)[C@@H](NC(=O)[C@H](CCC(N)=O)NC(=O)[C@@H](NC(=O)[C@H](CC(N)=O)NC(=O)[C@H](CCCCN)NC(=O)[C@H](CC(C)C)NC(=O)[C@@H](N)Cc1ccc(O)cc1)C(C)C)[C@@H](C)O)[C@@H](C)O)[C@@H](C)O)C(=O)O. The third kappa shape index (κ3) is 38.1. The van der Waals surface area contributed by atoms with E-state index in [1.165, 1.54) is 26.0 Å². The summed E-state index contributed by atoms with van der Waals surface area (Å²) in [5.41, 5.74) is 39.8. The Hall–Kier alpha value is -10.9. The lowest BCUT2D eigenvalue weighted by Crippen LogP contribution is -2.63. The maximum Gasteiger partial charge on any atom is 0.326 e. The molecule has 16 atom stereocenters. The fourth-order valence-electron chi connectivity index (χ4n) is 10.9. The van der Waals surface area contributed by atoms with Gasteiger partial charge >= 0.3 is 11.9 Å². The zero-order valence-corrected chi connectivity index (χ0v) is 64.4. The van der Waals surface area contributed by atoms with E-state index in [4.69, 9.17) is 40.1 Å². The molecule has 0 aliphatic carbocycles. The van der Waals surface area contributed by atoms with E-state index in [1.807, 2.05) is 0 Å². The van der Waals surface area contributed by atoms with Crippen LogP contribution in [0.2, 0.25) is 0 Å². The highest BCUT2D eigenvalue weighted by Crippen LogP contribution is 2.16. The van der Waals surface area contributed by atoms with Crippen LogP contribution in [-0.4, -0.2) is 247 Å². The Balaban J connectivity index is 3.67. The molecule has 0 aromatic heterocycles. The highest BCUT2D eigenvalue weighted by molar-refractivity contribution is 6.01. The molecule has 32 N–H and O–H groups in total. The lowest BCUT2D eigenvalue weighted by Gasteiger charge is -2.30. The minimum Gasteiger partial charge on any atom is -0.508 e. The quantitative estimate of drug-likeness (QED) is 0.0164. The van der Waals surface area contributed by atoms with E-state index in [1.54, 1.807) is 39.8 Å². The lowest BCUT2D eigenvalue weighted by molar-refractivity contribution is -0.143. The maximum absolute atomic E-state index is 14.3. The van der Waals surface area contributed by atoms with Crippen molar-refractivity contribution < 1.29 is 112 Å². The number of carbonyl (C=O) groups is 17. The number of primary amides is 3. The van der Waals surface area contributed by atoms with Crippen LogP contribution in [0.1, 0.15) is 158 Å². The Bertz CT molecular complexity index is 3410. The first kappa shape index (κ1) is 99.1. The molecule has 43 heteroatoms. The smallest absolute Gasteiger partial charge is 0.326 e. The van der Waals surface area contributed by atoms with Crippen molar-refractivity contribution in [3.63, 3.8) is 0 Å². The van der Waals surface area contributed by atoms with Crippen LogP contribution in [0.4, 0.5) is 0 Å². The minimum absolute atomic E-state index is 0.0163. The van der Waals surface area contributed by atoms with Crippen molar-refractivity contribution in [1.29, 1.82) is 0 Å². The lowest BCUT2D eigenvalue weighted by atomic mass is 10.00. The van der Waals surface area contributed by atoms with E-state index in [9.17, 15) is 112 Å². The van der Waals surface area contributed by atoms with Crippen LogP contribution < -0.4 is 104 Å². The monoisotopic (exact) mass is 1590 g/mol. The zero-order chi connectivity index (χ0) is 85.6. The van der Waals surface area contributed by atoms with Gasteiger partial charge in [-0.2, -0.15) is 0 Å². The molecule has 1 rings (SSSR count). The van der Waals surface area contributed by atoms with E-state index >= 15 is 0 Å². The van der Waals surface area contributed by atoms with Gasteiger partial charge in [-0.05, 0) is 133 Å². The number of carboxylic acid groups (broad SMARTS) is 2. The number of phenols is 1. The van der Waals surface area contributed by atoms with E-state index in [0.717, 1.165) is 20.8 Å². The van der Waals surface area contributed by atoms with Crippen LogP contribution in [0.3, 0.4) is 0 Å². The summed E-state index contributed by atoms with van der Waals surface area (Å²) in [7, 11) is 0.